The van der Waals surface area contributed by atoms with Crippen LogP contribution in [-0.2, 0) is 4.74 Å². The van der Waals surface area contributed by atoms with Gasteiger partial charge in [-0.3, -0.25) is 0 Å². The molecular formula is C10H23NO. The first-order valence-electron chi connectivity index (χ1n) is 4.67. The van der Waals surface area contributed by atoms with Crippen LogP contribution in [0.4, 0.5) is 0 Å². The summed E-state index contributed by atoms with van der Waals surface area (Å²) >= 11 is 0. The molecule has 2 heteroatoms. The van der Waals surface area contributed by atoms with Gasteiger partial charge in [-0.2, -0.15) is 0 Å². The van der Waals surface area contributed by atoms with E-state index in [2.05, 4.69) is 33.0 Å². The van der Waals surface area contributed by atoms with Gasteiger partial charge in [-0.15, -0.1) is 0 Å². The van der Waals surface area contributed by atoms with E-state index in [1.54, 1.807) is 7.11 Å². The Morgan fingerprint density at radius 2 is 1.83 bits per heavy atom. The van der Waals surface area contributed by atoms with Crippen molar-refractivity contribution in [3.63, 3.8) is 0 Å². The number of nitrogens with one attached hydrogen (secondary N) is 1. The molecule has 0 aliphatic carbocycles. The molecule has 0 saturated carbocycles. The standard InChI is InChI=1S/C10H23NO/c1-7-8(11-5)9(12-6)10(2,3)4/h8-9,11H,7H2,1-6H3. The molecule has 0 aromatic rings. The highest BCUT2D eigenvalue weighted by atomic mass is 16.5. The normalized spacial score (nSPS) is 17.5. The van der Waals surface area contributed by atoms with Crippen molar-refractivity contribution < 1.29 is 4.74 Å². The van der Waals surface area contributed by atoms with Gasteiger partial charge in [0.15, 0.2) is 0 Å². The molecule has 0 aromatic carbocycles. The Bertz CT molecular complexity index is 113. The highest BCUT2D eigenvalue weighted by Gasteiger charge is 2.30. The first-order chi connectivity index (χ1) is 5.47. The lowest BCUT2D eigenvalue weighted by molar-refractivity contribution is -0.0102. The third kappa shape index (κ3) is 3.11. The maximum atomic E-state index is 5.50. The Morgan fingerprint density at radius 1 is 1.33 bits per heavy atom. The van der Waals surface area contributed by atoms with Crippen molar-refractivity contribution >= 4 is 0 Å². The van der Waals surface area contributed by atoms with Gasteiger partial charge >= 0.3 is 0 Å². The summed E-state index contributed by atoms with van der Waals surface area (Å²) in [5.41, 5.74) is 0.207. The molecule has 0 bridgehead atoms. The summed E-state index contributed by atoms with van der Waals surface area (Å²) in [6.07, 6.45) is 1.39. The first kappa shape index (κ1) is 11.9. The largest absolute Gasteiger partial charge is 0.379 e. The number of rotatable bonds is 4. The van der Waals surface area contributed by atoms with E-state index in [-0.39, 0.29) is 11.5 Å². The van der Waals surface area contributed by atoms with Crippen molar-refractivity contribution in [2.45, 2.75) is 46.3 Å². The molecule has 0 aliphatic rings. The Kier molecular flexibility index (Phi) is 4.80. The minimum atomic E-state index is 0.207. The summed E-state index contributed by atoms with van der Waals surface area (Å²) in [4.78, 5) is 0. The Balaban J connectivity index is 4.31. The number of hydrogen-bond acceptors (Lipinski definition) is 2. The van der Waals surface area contributed by atoms with E-state index in [4.69, 9.17) is 4.74 Å². The summed E-state index contributed by atoms with van der Waals surface area (Å²) in [5.74, 6) is 0. The molecule has 2 nitrogen and oxygen atoms in total. The van der Waals surface area contributed by atoms with E-state index >= 15 is 0 Å². The Morgan fingerprint density at radius 3 is 1.92 bits per heavy atom. The average molecular weight is 173 g/mol. The second-order valence-corrected chi connectivity index (χ2v) is 4.33. The van der Waals surface area contributed by atoms with E-state index in [0.717, 1.165) is 6.42 Å². The van der Waals surface area contributed by atoms with Crippen LogP contribution in [-0.4, -0.2) is 26.3 Å². The molecule has 0 spiro atoms. The van der Waals surface area contributed by atoms with Crippen molar-refractivity contribution in [2.75, 3.05) is 14.2 Å². The molecule has 0 fully saturated rings. The zero-order chi connectivity index (χ0) is 9.78. The molecule has 2 unspecified atom stereocenters. The zero-order valence-electron chi connectivity index (χ0n) is 9.27. The fourth-order valence-electron chi connectivity index (χ4n) is 1.69. The lowest BCUT2D eigenvalue weighted by Crippen LogP contribution is -2.45. The molecule has 0 aliphatic heterocycles. The van der Waals surface area contributed by atoms with Crippen LogP contribution in [0.25, 0.3) is 0 Å². The SMILES string of the molecule is CCC(NC)C(OC)C(C)(C)C. The van der Waals surface area contributed by atoms with Crippen LogP contribution in [0.2, 0.25) is 0 Å². The molecule has 0 saturated heterocycles. The zero-order valence-corrected chi connectivity index (χ0v) is 9.27. The van der Waals surface area contributed by atoms with E-state index < -0.39 is 0 Å². The molecular weight excluding hydrogens is 150 g/mol. The van der Waals surface area contributed by atoms with Gasteiger partial charge in [-0.05, 0) is 18.9 Å². The molecule has 0 aromatic heterocycles. The first-order valence-corrected chi connectivity index (χ1v) is 4.67. The molecule has 0 radical (unpaired) electrons. The third-order valence-electron chi connectivity index (χ3n) is 2.28. The second kappa shape index (κ2) is 4.83. The number of hydrogen-bond donors (Lipinski definition) is 1. The number of likely N-dealkylation sites (N-methyl/N-ethyl adjacent to an activating group) is 1. The predicted molar refractivity (Wildman–Crippen MR) is 53.4 cm³/mol. The van der Waals surface area contributed by atoms with E-state index in [1.807, 2.05) is 7.05 Å². The Labute approximate surface area is 76.7 Å². The number of ether oxygens (including phenoxy) is 1. The molecule has 1 N–H and O–H groups in total. The fraction of sp³-hybridized carbons (Fsp3) is 1.00. The van der Waals surface area contributed by atoms with Crippen LogP contribution < -0.4 is 5.32 Å². The van der Waals surface area contributed by atoms with E-state index in [1.165, 1.54) is 0 Å². The van der Waals surface area contributed by atoms with Crippen molar-refractivity contribution in [1.29, 1.82) is 0 Å². The quantitative estimate of drug-likeness (QED) is 0.702. The van der Waals surface area contributed by atoms with E-state index in [0.29, 0.717) is 6.04 Å². The molecule has 12 heavy (non-hydrogen) atoms. The summed E-state index contributed by atoms with van der Waals surface area (Å²) in [6, 6.07) is 0.454. The summed E-state index contributed by atoms with van der Waals surface area (Å²) < 4.78 is 5.50. The van der Waals surface area contributed by atoms with Gasteiger partial charge in [0, 0.05) is 13.2 Å². The van der Waals surface area contributed by atoms with Crippen LogP contribution in [0.1, 0.15) is 34.1 Å². The van der Waals surface area contributed by atoms with E-state index in [9.17, 15) is 0 Å². The lowest BCUT2D eigenvalue weighted by atomic mass is 9.83. The van der Waals surface area contributed by atoms with Crippen LogP contribution in [0.3, 0.4) is 0 Å². The molecule has 74 valence electrons. The molecule has 0 amide bonds. The van der Waals surface area contributed by atoms with Gasteiger partial charge in [0.25, 0.3) is 0 Å². The monoisotopic (exact) mass is 173 g/mol. The van der Waals surface area contributed by atoms with Crippen LogP contribution in [0, 0.1) is 5.41 Å². The summed E-state index contributed by atoms with van der Waals surface area (Å²) in [5, 5.41) is 3.28. The predicted octanol–water partition coefficient (Wildman–Crippen LogP) is 2.05. The lowest BCUT2D eigenvalue weighted by Gasteiger charge is -2.35. The molecule has 0 rings (SSSR count). The topological polar surface area (TPSA) is 21.3 Å². The Hall–Kier alpha value is -0.0800. The average Bonchev–Trinajstić information content (AvgIpc) is 1.97. The van der Waals surface area contributed by atoms with Crippen LogP contribution in [0.15, 0.2) is 0 Å². The van der Waals surface area contributed by atoms with Crippen LogP contribution >= 0.6 is 0 Å². The van der Waals surface area contributed by atoms with Gasteiger partial charge in [-0.1, -0.05) is 27.7 Å². The molecule has 0 heterocycles. The van der Waals surface area contributed by atoms with Crippen LogP contribution in [0.5, 0.6) is 0 Å². The second-order valence-electron chi connectivity index (χ2n) is 4.33. The van der Waals surface area contributed by atoms with Crippen molar-refractivity contribution in [2.24, 2.45) is 5.41 Å². The van der Waals surface area contributed by atoms with Gasteiger partial charge in [0.2, 0.25) is 0 Å². The van der Waals surface area contributed by atoms with Crippen molar-refractivity contribution in [3.8, 4) is 0 Å². The smallest absolute Gasteiger partial charge is 0.0772 e. The van der Waals surface area contributed by atoms with Crippen molar-refractivity contribution in [3.05, 3.63) is 0 Å². The van der Waals surface area contributed by atoms with Gasteiger partial charge in [-0.25, -0.2) is 0 Å². The molecule has 2 atom stereocenters. The summed E-state index contributed by atoms with van der Waals surface area (Å²) in [7, 11) is 3.78. The van der Waals surface area contributed by atoms with Crippen molar-refractivity contribution in [1.82, 2.24) is 5.32 Å². The van der Waals surface area contributed by atoms with Gasteiger partial charge in [0.05, 0.1) is 6.10 Å². The number of methoxy groups -OCH3 is 1. The van der Waals surface area contributed by atoms with Gasteiger partial charge in [0.1, 0.15) is 0 Å². The minimum absolute atomic E-state index is 0.207. The summed E-state index contributed by atoms with van der Waals surface area (Å²) in [6.45, 7) is 8.81. The highest BCUT2D eigenvalue weighted by molar-refractivity contribution is 4.84. The fourth-order valence-corrected chi connectivity index (χ4v) is 1.69. The highest BCUT2D eigenvalue weighted by Crippen LogP contribution is 2.25. The third-order valence-corrected chi connectivity index (χ3v) is 2.28. The minimum Gasteiger partial charge on any atom is -0.379 e. The van der Waals surface area contributed by atoms with Gasteiger partial charge < -0.3 is 10.1 Å². The maximum Gasteiger partial charge on any atom is 0.0772 e. The maximum absolute atomic E-state index is 5.50.